The summed E-state index contributed by atoms with van der Waals surface area (Å²) in [5.74, 6) is 1.22. The van der Waals surface area contributed by atoms with Gasteiger partial charge >= 0.3 is 0 Å². The number of nitrogens with one attached hydrogen (secondary N) is 4. The first kappa shape index (κ1) is 39.8. The van der Waals surface area contributed by atoms with E-state index < -0.39 is 0 Å². The molecule has 1 heterocycles. The summed E-state index contributed by atoms with van der Waals surface area (Å²) in [7, 11) is 2.15. The maximum absolute atomic E-state index is 6.00. The van der Waals surface area contributed by atoms with Gasteiger partial charge in [-0.3, -0.25) is 0 Å². The van der Waals surface area contributed by atoms with Crippen LogP contribution < -0.4 is 21.3 Å². The van der Waals surface area contributed by atoms with Crippen LogP contribution in [0.5, 0.6) is 0 Å². The van der Waals surface area contributed by atoms with E-state index in [4.69, 9.17) is 4.74 Å². The van der Waals surface area contributed by atoms with Gasteiger partial charge in [0, 0.05) is 61.1 Å². The van der Waals surface area contributed by atoms with Gasteiger partial charge in [-0.2, -0.15) is 0 Å². The summed E-state index contributed by atoms with van der Waals surface area (Å²) >= 11 is 0. The zero-order valence-corrected chi connectivity index (χ0v) is 31.7. The molecular weight excluding hydrogens is 605 g/mol. The third kappa shape index (κ3) is 13.3. The molecule has 49 heavy (non-hydrogen) atoms. The Hall–Kier alpha value is -3.68. The molecule has 0 bridgehead atoms. The monoisotopic (exact) mass is 671 g/mol. The summed E-state index contributed by atoms with van der Waals surface area (Å²) < 4.78 is 6.00. The summed E-state index contributed by atoms with van der Waals surface area (Å²) in [5, 5.41) is 14.4. The van der Waals surface area contributed by atoms with Crippen molar-refractivity contribution in [3.05, 3.63) is 109 Å². The van der Waals surface area contributed by atoms with E-state index >= 15 is 0 Å². The Morgan fingerprint density at radius 2 is 1.65 bits per heavy atom. The highest BCUT2D eigenvalue weighted by Gasteiger charge is 2.26. The molecule has 1 fully saturated rings. The third-order valence-corrected chi connectivity index (χ3v) is 9.54. The van der Waals surface area contributed by atoms with Crippen LogP contribution in [0.2, 0.25) is 0 Å². The lowest BCUT2D eigenvalue weighted by atomic mass is 9.97. The molecule has 0 aromatic heterocycles. The topological polar surface area (TPSA) is 63.8 Å². The fraction of sp³-hybridized carbons (Fsp3) is 0.524. The minimum Gasteiger partial charge on any atom is -0.383 e. The van der Waals surface area contributed by atoms with Gasteiger partial charge in [0.05, 0.1) is 18.2 Å². The molecule has 1 saturated heterocycles. The fourth-order valence-electron chi connectivity index (χ4n) is 6.63. The number of hydrogen-bond donors (Lipinski definition) is 4. The van der Waals surface area contributed by atoms with Gasteiger partial charge in [-0.1, -0.05) is 83.8 Å². The summed E-state index contributed by atoms with van der Waals surface area (Å²) in [6.07, 6.45) is 6.28. The highest BCUT2D eigenvalue weighted by atomic mass is 16.5. The highest BCUT2D eigenvalue weighted by molar-refractivity contribution is 5.58. The first-order chi connectivity index (χ1) is 23.4. The van der Waals surface area contributed by atoms with Crippen molar-refractivity contribution in [1.82, 2.24) is 20.4 Å². The zero-order chi connectivity index (χ0) is 35.9. The van der Waals surface area contributed by atoms with Crippen LogP contribution >= 0.6 is 0 Å². The van der Waals surface area contributed by atoms with Crippen molar-refractivity contribution >= 4 is 11.4 Å². The van der Waals surface area contributed by atoms with Gasteiger partial charge < -0.3 is 35.8 Å². The number of allylic oxidation sites excluding steroid dienone is 1. The molecule has 4 N–H and O–H groups in total. The largest absolute Gasteiger partial charge is 0.383 e. The summed E-state index contributed by atoms with van der Waals surface area (Å²) in [5.41, 5.74) is 7.46. The normalized spacial score (nSPS) is 16.9. The van der Waals surface area contributed by atoms with E-state index in [9.17, 15) is 0 Å². The van der Waals surface area contributed by atoms with E-state index in [0.29, 0.717) is 18.6 Å². The molecule has 7 heteroatoms. The molecule has 0 radical (unpaired) electrons. The summed E-state index contributed by atoms with van der Waals surface area (Å²) in [4.78, 5) is 4.85. The molecule has 3 rings (SSSR count). The summed E-state index contributed by atoms with van der Waals surface area (Å²) in [6.45, 7) is 35.0. The number of hydrogen-bond acceptors (Lipinski definition) is 7. The molecule has 0 amide bonds. The lowest BCUT2D eigenvalue weighted by Crippen LogP contribution is -2.47. The maximum Gasteiger partial charge on any atom is 0.100 e. The van der Waals surface area contributed by atoms with Crippen molar-refractivity contribution in [3.8, 4) is 0 Å². The van der Waals surface area contributed by atoms with Crippen molar-refractivity contribution in [3.63, 3.8) is 0 Å². The molecule has 2 aromatic carbocycles. The highest BCUT2D eigenvalue weighted by Crippen LogP contribution is 2.24. The van der Waals surface area contributed by atoms with Crippen LogP contribution in [0.25, 0.3) is 0 Å². The molecule has 2 aromatic rings. The smallest absolute Gasteiger partial charge is 0.100 e. The Labute approximate surface area is 299 Å². The van der Waals surface area contributed by atoms with E-state index in [2.05, 4.69) is 142 Å². The van der Waals surface area contributed by atoms with Crippen LogP contribution in [0.3, 0.4) is 0 Å². The zero-order valence-electron chi connectivity index (χ0n) is 31.7. The molecule has 4 atom stereocenters. The van der Waals surface area contributed by atoms with E-state index in [1.807, 2.05) is 12.1 Å². The first-order valence-electron chi connectivity index (χ1n) is 18.4. The van der Waals surface area contributed by atoms with Crippen molar-refractivity contribution in [2.45, 2.75) is 104 Å². The number of anilines is 2. The average Bonchev–Trinajstić information content (AvgIpc) is 3.29. The first-order valence-corrected chi connectivity index (χ1v) is 18.4. The number of rotatable bonds is 21. The summed E-state index contributed by atoms with van der Waals surface area (Å²) in [6, 6.07) is 17.2. The number of aryl methyl sites for hydroxylation is 1. The Balaban J connectivity index is 1.66. The van der Waals surface area contributed by atoms with Gasteiger partial charge in [0.2, 0.25) is 0 Å². The SMILES string of the molecule is C=C(Nc1ccc(CC(=C)N(C)[C@@H](CC(C)C)C(=C)NC(CC(C)OCC)C(=C)N[C@H]2CCCCN(CC)C2)cc1)Nc1ccccc1C. The van der Waals surface area contributed by atoms with E-state index in [0.717, 1.165) is 66.6 Å². The number of para-hydroxylation sites is 1. The predicted octanol–water partition coefficient (Wildman–Crippen LogP) is 8.66. The molecule has 270 valence electrons. The predicted molar refractivity (Wildman–Crippen MR) is 212 cm³/mol. The lowest BCUT2D eigenvalue weighted by molar-refractivity contribution is 0.0647. The molecule has 1 aliphatic rings. The number of likely N-dealkylation sites (tertiary alicyclic amines) is 1. The van der Waals surface area contributed by atoms with Gasteiger partial charge in [0.1, 0.15) is 5.82 Å². The number of benzene rings is 2. The van der Waals surface area contributed by atoms with Crippen LogP contribution in [0.1, 0.15) is 77.8 Å². The number of likely N-dealkylation sites (N-methyl/N-ethyl adjacent to an activating group) is 2. The molecule has 0 saturated carbocycles. The quantitative estimate of drug-likeness (QED) is 0.106. The second-order valence-electron chi connectivity index (χ2n) is 14.2. The van der Waals surface area contributed by atoms with Crippen molar-refractivity contribution in [2.24, 2.45) is 5.92 Å². The Morgan fingerprint density at radius 1 is 0.939 bits per heavy atom. The minimum absolute atomic E-state index is 0.00111. The van der Waals surface area contributed by atoms with Gasteiger partial charge in [-0.15, -0.1) is 0 Å². The average molecular weight is 671 g/mol. The Kier molecular flexibility index (Phi) is 16.3. The molecule has 0 aliphatic carbocycles. The van der Waals surface area contributed by atoms with Crippen LogP contribution in [0, 0.1) is 12.8 Å². The minimum atomic E-state index is -0.00111. The molecule has 1 aliphatic heterocycles. The second-order valence-corrected chi connectivity index (χ2v) is 14.2. The van der Waals surface area contributed by atoms with Crippen LogP contribution in [-0.4, -0.2) is 67.3 Å². The van der Waals surface area contributed by atoms with Gasteiger partial charge in [-0.05, 0) is 94.8 Å². The Bertz CT molecular complexity index is 1350. The van der Waals surface area contributed by atoms with Crippen LogP contribution in [0.15, 0.2) is 97.8 Å². The Morgan fingerprint density at radius 3 is 2.31 bits per heavy atom. The van der Waals surface area contributed by atoms with E-state index in [-0.39, 0.29) is 18.2 Å². The van der Waals surface area contributed by atoms with Crippen molar-refractivity contribution in [2.75, 3.05) is 43.9 Å². The number of nitrogens with zero attached hydrogens (tertiary/aromatic N) is 2. The molecule has 2 unspecified atom stereocenters. The maximum atomic E-state index is 6.00. The van der Waals surface area contributed by atoms with Gasteiger partial charge in [0.25, 0.3) is 0 Å². The van der Waals surface area contributed by atoms with Crippen LogP contribution in [0.4, 0.5) is 11.4 Å². The van der Waals surface area contributed by atoms with E-state index in [1.54, 1.807) is 0 Å². The lowest BCUT2D eigenvalue weighted by Gasteiger charge is -2.37. The van der Waals surface area contributed by atoms with Gasteiger partial charge in [0.15, 0.2) is 0 Å². The third-order valence-electron chi connectivity index (χ3n) is 9.54. The van der Waals surface area contributed by atoms with Gasteiger partial charge in [-0.25, -0.2) is 0 Å². The van der Waals surface area contributed by atoms with Crippen molar-refractivity contribution < 1.29 is 4.74 Å². The molecule has 0 spiro atoms. The van der Waals surface area contributed by atoms with Crippen LogP contribution in [-0.2, 0) is 11.2 Å². The van der Waals surface area contributed by atoms with E-state index in [1.165, 1.54) is 36.9 Å². The fourth-order valence-corrected chi connectivity index (χ4v) is 6.63. The number of ether oxygens (including phenoxy) is 1. The molecule has 7 nitrogen and oxygen atoms in total. The second kappa shape index (κ2) is 20.1. The van der Waals surface area contributed by atoms with Crippen molar-refractivity contribution in [1.29, 1.82) is 0 Å². The molecular formula is C42H66N6O. The standard InChI is InChI=1S/C42H66N6O/c1-12-48-25-17-16-19-39(29-48)43-34(8)41(28-33(7)49-13-2)44-35(9)42(26-30(3)4)47(11)32(6)27-37-21-23-38(24-22-37)45-36(10)46-40-20-15-14-18-31(40)5/h14-15,18,20-24,30,33,39,41-46H,6,8-10,12-13,16-17,19,25-29H2,1-5,7,11H3/t33?,39-,41?,42-/m0/s1.